The smallest absolute Gasteiger partial charge is 0.313 e. The molecule has 5 heteroatoms. The third-order valence-electron chi connectivity index (χ3n) is 3.52. The minimum atomic E-state index is -0.678. The number of aliphatic hydroxyl groups is 1. The lowest BCUT2D eigenvalue weighted by atomic mass is 10.1. The van der Waals surface area contributed by atoms with E-state index in [9.17, 15) is 9.59 Å². The molecule has 2 rings (SSSR count). The highest BCUT2D eigenvalue weighted by Crippen LogP contribution is 2.44. The Labute approximate surface area is 112 Å². The van der Waals surface area contributed by atoms with Crippen molar-refractivity contribution in [1.29, 1.82) is 0 Å². The summed E-state index contributed by atoms with van der Waals surface area (Å²) in [6.07, 6.45) is 1.78. The van der Waals surface area contributed by atoms with Crippen molar-refractivity contribution in [2.45, 2.75) is 19.8 Å². The van der Waals surface area contributed by atoms with E-state index in [4.69, 9.17) is 5.11 Å². The molecule has 2 amide bonds. The standard InChI is InChI=1S/C14H18N2O3/c1-10-4-2-3-5-11(10)16-13(19)12(18)15-8-14(9-17)6-7-14/h2-5,17H,6-9H2,1H3,(H,15,18)(H,16,19). The van der Waals surface area contributed by atoms with Crippen LogP contribution < -0.4 is 10.6 Å². The zero-order valence-electron chi connectivity index (χ0n) is 10.9. The van der Waals surface area contributed by atoms with Crippen LogP contribution in [-0.4, -0.2) is 30.1 Å². The van der Waals surface area contributed by atoms with Gasteiger partial charge in [0, 0.05) is 17.6 Å². The first-order valence-electron chi connectivity index (χ1n) is 6.32. The van der Waals surface area contributed by atoms with E-state index in [-0.39, 0.29) is 12.0 Å². The van der Waals surface area contributed by atoms with E-state index in [1.807, 2.05) is 19.1 Å². The molecule has 0 aromatic heterocycles. The molecule has 0 radical (unpaired) electrons. The Morgan fingerprint density at radius 2 is 1.95 bits per heavy atom. The van der Waals surface area contributed by atoms with E-state index in [1.54, 1.807) is 12.1 Å². The number of rotatable bonds is 4. The van der Waals surface area contributed by atoms with E-state index >= 15 is 0 Å². The van der Waals surface area contributed by atoms with E-state index in [0.29, 0.717) is 12.2 Å². The van der Waals surface area contributed by atoms with Gasteiger partial charge in [0.1, 0.15) is 0 Å². The summed E-state index contributed by atoms with van der Waals surface area (Å²) in [4.78, 5) is 23.3. The van der Waals surface area contributed by atoms with Gasteiger partial charge in [-0.15, -0.1) is 0 Å². The number of carbonyl (C=O) groups is 2. The molecule has 0 spiro atoms. The van der Waals surface area contributed by atoms with Gasteiger partial charge in [0.25, 0.3) is 0 Å². The molecule has 1 aliphatic rings. The van der Waals surface area contributed by atoms with E-state index in [1.165, 1.54) is 0 Å². The summed E-state index contributed by atoms with van der Waals surface area (Å²) < 4.78 is 0. The number of anilines is 1. The van der Waals surface area contributed by atoms with Gasteiger partial charge in [0.05, 0.1) is 6.61 Å². The van der Waals surface area contributed by atoms with Crippen molar-refractivity contribution in [2.24, 2.45) is 5.41 Å². The maximum Gasteiger partial charge on any atom is 0.313 e. The van der Waals surface area contributed by atoms with Crippen LogP contribution in [0, 0.1) is 12.3 Å². The molecule has 0 unspecified atom stereocenters. The Morgan fingerprint density at radius 1 is 1.26 bits per heavy atom. The third kappa shape index (κ3) is 3.32. The van der Waals surface area contributed by atoms with Crippen LogP contribution in [-0.2, 0) is 9.59 Å². The van der Waals surface area contributed by atoms with E-state index in [2.05, 4.69) is 10.6 Å². The van der Waals surface area contributed by atoms with Crippen molar-refractivity contribution >= 4 is 17.5 Å². The van der Waals surface area contributed by atoms with Gasteiger partial charge in [-0.2, -0.15) is 0 Å². The molecular formula is C14H18N2O3. The first-order valence-corrected chi connectivity index (χ1v) is 6.32. The van der Waals surface area contributed by atoms with Gasteiger partial charge in [-0.3, -0.25) is 9.59 Å². The summed E-state index contributed by atoms with van der Waals surface area (Å²) >= 11 is 0. The van der Waals surface area contributed by atoms with Gasteiger partial charge in [-0.05, 0) is 31.4 Å². The highest BCUT2D eigenvalue weighted by molar-refractivity contribution is 6.39. The van der Waals surface area contributed by atoms with Gasteiger partial charge in [-0.1, -0.05) is 18.2 Å². The number of amides is 2. The normalized spacial score (nSPS) is 15.7. The third-order valence-corrected chi connectivity index (χ3v) is 3.52. The highest BCUT2D eigenvalue weighted by atomic mass is 16.3. The average Bonchev–Trinajstić information content (AvgIpc) is 3.19. The van der Waals surface area contributed by atoms with Gasteiger partial charge in [0.2, 0.25) is 0 Å². The number of hydrogen-bond donors (Lipinski definition) is 3. The molecule has 102 valence electrons. The fourth-order valence-corrected chi connectivity index (χ4v) is 1.81. The molecule has 1 saturated carbocycles. The Morgan fingerprint density at radius 3 is 2.53 bits per heavy atom. The molecular weight excluding hydrogens is 244 g/mol. The number of aryl methyl sites for hydroxylation is 1. The van der Waals surface area contributed by atoms with Crippen molar-refractivity contribution in [3.05, 3.63) is 29.8 Å². The SMILES string of the molecule is Cc1ccccc1NC(=O)C(=O)NCC1(CO)CC1. The monoisotopic (exact) mass is 262 g/mol. The molecule has 1 fully saturated rings. The molecule has 3 N–H and O–H groups in total. The lowest BCUT2D eigenvalue weighted by Gasteiger charge is -2.13. The lowest BCUT2D eigenvalue weighted by molar-refractivity contribution is -0.136. The quantitative estimate of drug-likeness (QED) is 0.703. The highest BCUT2D eigenvalue weighted by Gasteiger charge is 2.42. The van der Waals surface area contributed by atoms with Crippen molar-refractivity contribution in [3.8, 4) is 0 Å². The molecule has 1 aromatic carbocycles. The molecule has 0 heterocycles. The predicted molar refractivity (Wildman–Crippen MR) is 71.6 cm³/mol. The van der Waals surface area contributed by atoms with Crippen LogP contribution in [0.5, 0.6) is 0 Å². The Balaban J connectivity index is 1.86. The van der Waals surface area contributed by atoms with Crippen molar-refractivity contribution in [3.63, 3.8) is 0 Å². The molecule has 0 aliphatic heterocycles. The zero-order valence-corrected chi connectivity index (χ0v) is 10.9. The summed E-state index contributed by atoms with van der Waals surface area (Å²) in [6, 6.07) is 7.27. The number of carbonyl (C=O) groups excluding carboxylic acids is 2. The Bertz CT molecular complexity index is 495. The largest absolute Gasteiger partial charge is 0.396 e. The minimum Gasteiger partial charge on any atom is -0.396 e. The minimum absolute atomic E-state index is 0.0483. The number of hydrogen-bond acceptors (Lipinski definition) is 3. The van der Waals surface area contributed by atoms with E-state index in [0.717, 1.165) is 18.4 Å². The fourth-order valence-electron chi connectivity index (χ4n) is 1.81. The molecule has 0 bridgehead atoms. The molecule has 0 saturated heterocycles. The topological polar surface area (TPSA) is 78.4 Å². The van der Waals surface area contributed by atoms with Gasteiger partial charge >= 0.3 is 11.8 Å². The second-order valence-electron chi connectivity index (χ2n) is 5.11. The second kappa shape index (κ2) is 5.40. The number of para-hydroxylation sites is 1. The first-order chi connectivity index (χ1) is 9.06. The summed E-state index contributed by atoms with van der Waals surface area (Å²) in [5, 5.41) is 14.3. The molecule has 1 aromatic rings. The molecule has 1 aliphatic carbocycles. The summed E-state index contributed by atoms with van der Waals surface area (Å²) in [7, 11) is 0. The zero-order chi connectivity index (χ0) is 13.9. The van der Waals surface area contributed by atoms with Gasteiger partial charge < -0.3 is 15.7 Å². The van der Waals surface area contributed by atoms with Crippen LogP contribution in [0.1, 0.15) is 18.4 Å². The van der Waals surface area contributed by atoms with Crippen LogP contribution in [0.2, 0.25) is 0 Å². The van der Waals surface area contributed by atoms with Crippen LogP contribution in [0.3, 0.4) is 0 Å². The molecule has 0 atom stereocenters. The average molecular weight is 262 g/mol. The van der Waals surface area contributed by atoms with Crippen LogP contribution >= 0.6 is 0 Å². The Kier molecular flexibility index (Phi) is 3.85. The summed E-state index contributed by atoms with van der Waals surface area (Å²) in [5.74, 6) is -1.34. The summed E-state index contributed by atoms with van der Waals surface area (Å²) in [5.41, 5.74) is 1.34. The van der Waals surface area contributed by atoms with Crippen LogP contribution in [0.15, 0.2) is 24.3 Å². The molecule has 5 nitrogen and oxygen atoms in total. The molecule has 19 heavy (non-hydrogen) atoms. The number of aliphatic hydroxyl groups excluding tert-OH is 1. The number of benzene rings is 1. The van der Waals surface area contributed by atoms with Gasteiger partial charge in [-0.25, -0.2) is 0 Å². The van der Waals surface area contributed by atoms with Crippen molar-refractivity contribution in [2.75, 3.05) is 18.5 Å². The van der Waals surface area contributed by atoms with Gasteiger partial charge in [0.15, 0.2) is 0 Å². The predicted octanol–water partition coefficient (Wildman–Crippen LogP) is 0.822. The van der Waals surface area contributed by atoms with Crippen molar-refractivity contribution in [1.82, 2.24) is 5.32 Å². The fraction of sp³-hybridized carbons (Fsp3) is 0.429. The maximum atomic E-state index is 11.7. The Hall–Kier alpha value is -1.88. The number of nitrogens with one attached hydrogen (secondary N) is 2. The summed E-state index contributed by atoms with van der Waals surface area (Å²) in [6.45, 7) is 2.26. The van der Waals surface area contributed by atoms with Crippen LogP contribution in [0.25, 0.3) is 0 Å². The van der Waals surface area contributed by atoms with Crippen LogP contribution in [0.4, 0.5) is 5.69 Å². The van der Waals surface area contributed by atoms with E-state index < -0.39 is 11.8 Å². The van der Waals surface area contributed by atoms with Crippen molar-refractivity contribution < 1.29 is 14.7 Å². The maximum absolute atomic E-state index is 11.7. The second-order valence-corrected chi connectivity index (χ2v) is 5.11. The first kappa shape index (κ1) is 13.5. The lowest BCUT2D eigenvalue weighted by Crippen LogP contribution is -2.39.